The number of hydrogen-bond donors (Lipinski definition) is 0. The maximum Gasteiger partial charge on any atom is 0.349 e. The number of ketones is 1. The lowest BCUT2D eigenvalue weighted by Gasteiger charge is -1.97. The van der Waals surface area contributed by atoms with Crippen LogP contribution in [-0.2, 0) is 14.3 Å². The largest absolute Gasteiger partial charge is 0.462 e. The van der Waals surface area contributed by atoms with Gasteiger partial charge in [-0.1, -0.05) is 6.58 Å². The standard InChI is InChI=1S/C9H9NO3/c1-3-8(11)5-7(6-10)9(12)13-4-2/h3,5H,1,4H2,2H3. The first-order valence-corrected chi connectivity index (χ1v) is 3.61. The van der Waals surface area contributed by atoms with E-state index in [0.29, 0.717) is 0 Å². The highest BCUT2D eigenvalue weighted by Crippen LogP contribution is 1.97. The first kappa shape index (κ1) is 11.1. The fraction of sp³-hybridized carbons (Fsp3) is 0.222. The van der Waals surface area contributed by atoms with Crippen LogP contribution in [0.5, 0.6) is 0 Å². The maximum atomic E-state index is 10.9. The van der Waals surface area contributed by atoms with Gasteiger partial charge in [0, 0.05) is 6.08 Å². The molecule has 0 spiro atoms. The van der Waals surface area contributed by atoms with Gasteiger partial charge in [-0.15, -0.1) is 0 Å². The van der Waals surface area contributed by atoms with Crippen molar-refractivity contribution in [3.05, 3.63) is 24.3 Å². The zero-order valence-electron chi connectivity index (χ0n) is 7.24. The van der Waals surface area contributed by atoms with Gasteiger partial charge in [0.2, 0.25) is 0 Å². The summed E-state index contributed by atoms with van der Waals surface area (Å²) in [6.07, 6.45) is 1.90. The summed E-state index contributed by atoms with van der Waals surface area (Å²) in [5, 5.41) is 8.46. The van der Waals surface area contributed by atoms with Gasteiger partial charge in [-0.25, -0.2) is 4.79 Å². The van der Waals surface area contributed by atoms with E-state index in [1.807, 2.05) is 0 Å². The highest BCUT2D eigenvalue weighted by Gasteiger charge is 2.10. The van der Waals surface area contributed by atoms with Crippen molar-refractivity contribution in [3.8, 4) is 6.07 Å². The summed E-state index contributed by atoms with van der Waals surface area (Å²) in [5.41, 5.74) is -0.313. The zero-order chi connectivity index (χ0) is 10.3. The number of esters is 1. The fourth-order valence-electron chi connectivity index (χ4n) is 0.547. The second kappa shape index (κ2) is 5.72. The van der Waals surface area contributed by atoms with E-state index in [1.165, 1.54) is 0 Å². The van der Waals surface area contributed by atoms with Gasteiger partial charge in [-0.05, 0) is 13.0 Å². The summed E-state index contributed by atoms with van der Waals surface area (Å²) >= 11 is 0. The molecule has 0 atom stereocenters. The molecule has 0 rings (SSSR count). The second-order valence-corrected chi connectivity index (χ2v) is 2.00. The third-order valence-corrected chi connectivity index (χ3v) is 1.10. The van der Waals surface area contributed by atoms with Crippen LogP contribution in [0, 0.1) is 11.3 Å². The van der Waals surface area contributed by atoms with Gasteiger partial charge in [0.25, 0.3) is 0 Å². The first-order chi connectivity index (χ1) is 6.15. The molecule has 0 fully saturated rings. The molecule has 0 aliphatic heterocycles. The van der Waals surface area contributed by atoms with E-state index in [4.69, 9.17) is 5.26 Å². The molecule has 4 heteroatoms. The molecule has 0 saturated carbocycles. The number of allylic oxidation sites excluding steroid dienone is 2. The summed E-state index contributed by atoms with van der Waals surface area (Å²) in [6.45, 7) is 4.98. The molecule has 0 aromatic rings. The topological polar surface area (TPSA) is 67.2 Å². The normalized spacial score (nSPS) is 10.0. The van der Waals surface area contributed by atoms with Crippen molar-refractivity contribution in [1.82, 2.24) is 0 Å². The molecule has 0 amide bonds. The van der Waals surface area contributed by atoms with E-state index in [9.17, 15) is 9.59 Å². The van der Waals surface area contributed by atoms with E-state index in [0.717, 1.165) is 12.2 Å². The van der Waals surface area contributed by atoms with Gasteiger partial charge >= 0.3 is 5.97 Å². The minimum Gasteiger partial charge on any atom is -0.462 e. The Bertz CT molecular complexity index is 296. The van der Waals surface area contributed by atoms with Gasteiger partial charge in [0.05, 0.1) is 6.61 Å². The van der Waals surface area contributed by atoms with E-state index in [1.54, 1.807) is 13.0 Å². The molecule has 0 aromatic heterocycles. The molecular formula is C9H9NO3. The molecule has 0 unspecified atom stereocenters. The first-order valence-electron chi connectivity index (χ1n) is 3.61. The van der Waals surface area contributed by atoms with Crippen LogP contribution in [0.1, 0.15) is 6.92 Å². The Morgan fingerprint density at radius 1 is 1.62 bits per heavy atom. The van der Waals surface area contributed by atoms with Crippen LogP contribution in [0.2, 0.25) is 0 Å². The van der Waals surface area contributed by atoms with Crippen molar-refractivity contribution in [3.63, 3.8) is 0 Å². The Kier molecular flexibility index (Phi) is 4.89. The van der Waals surface area contributed by atoms with Crippen LogP contribution < -0.4 is 0 Å². The number of nitriles is 1. The summed E-state index contributed by atoms with van der Waals surface area (Å²) in [6, 6.07) is 1.57. The molecule has 0 N–H and O–H groups in total. The summed E-state index contributed by atoms with van der Waals surface area (Å²) < 4.78 is 4.52. The summed E-state index contributed by atoms with van der Waals surface area (Å²) in [5.74, 6) is -1.29. The van der Waals surface area contributed by atoms with Crippen LogP contribution in [-0.4, -0.2) is 18.4 Å². The average molecular weight is 179 g/mol. The Hall–Kier alpha value is -1.89. The van der Waals surface area contributed by atoms with Gasteiger partial charge in [-0.3, -0.25) is 4.79 Å². The predicted molar refractivity (Wildman–Crippen MR) is 45.5 cm³/mol. The third-order valence-electron chi connectivity index (χ3n) is 1.10. The van der Waals surface area contributed by atoms with E-state index >= 15 is 0 Å². The number of rotatable bonds is 4. The lowest BCUT2D eigenvalue weighted by molar-refractivity contribution is -0.138. The van der Waals surface area contributed by atoms with Crippen LogP contribution >= 0.6 is 0 Å². The van der Waals surface area contributed by atoms with Crippen LogP contribution in [0.4, 0.5) is 0 Å². The van der Waals surface area contributed by atoms with Crippen molar-refractivity contribution in [1.29, 1.82) is 5.26 Å². The fourth-order valence-corrected chi connectivity index (χ4v) is 0.547. The van der Waals surface area contributed by atoms with Gasteiger partial charge < -0.3 is 4.74 Å². The van der Waals surface area contributed by atoms with Crippen LogP contribution in [0.25, 0.3) is 0 Å². The highest BCUT2D eigenvalue weighted by atomic mass is 16.5. The van der Waals surface area contributed by atoms with Crippen LogP contribution in [0.15, 0.2) is 24.3 Å². The minimum atomic E-state index is -0.791. The maximum absolute atomic E-state index is 10.9. The van der Waals surface area contributed by atoms with Crippen molar-refractivity contribution >= 4 is 11.8 Å². The smallest absolute Gasteiger partial charge is 0.349 e. The number of carbonyl (C=O) groups is 2. The zero-order valence-corrected chi connectivity index (χ0v) is 7.24. The molecule has 0 aliphatic rings. The monoisotopic (exact) mass is 179 g/mol. The summed E-state index contributed by atoms with van der Waals surface area (Å²) in [4.78, 5) is 21.7. The number of carbonyl (C=O) groups excluding carboxylic acids is 2. The van der Waals surface area contributed by atoms with Gasteiger partial charge in [-0.2, -0.15) is 5.26 Å². The second-order valence-electron chi connectivity index (χ2n) is 2.00. The van der Waals surface area contributed by atoms with Crippen molar-refractivity contribution in [2.45, 2.75) is 6.92 Å². The quantitative estimate of drug-likeness (QED) is 0.363. The van der Waals surface area contributed by atoms with Crippen LogP contribution in [0.3, 0.4) is 0 Å². The third kappa shape index (κ3) is 3.87. The molecule has 0 aromatic carbocycles. The van der Waals surface area contributed by atoms with Gasteiger partial charge in [0.15, 0.2) is 5.78 Å². The molecular weight excluding hydrogens is 170 g/mol. The number of hydrogen-bond acceptors (Lipinski definition) is 4. The molecule has 13 heavy (non-hydrogen) atoms. The van der Waals surface area contributed by atoms with Crippen molar-refractivity contribution < 1.29 is 14.3 Å². The molecule has 0 aliphatic carbocycles. The molecule has 0 bridgehead atoms. The van der Waals surface area contributed by atoms with E-state index < -0.39 is 11.8 Å². The Balaban J connectivity index is 4.61. The molecule has 68 valence electrons. The molecule has 0 heterocycles. The summed E-state index contributed by atoms with van der Waals surface area (Å²) in [7, 11) is 0. The average Bonchev–Trinajstić information content (AvgIpc) is 2.14. The Morgan fingerprint density at radius 2 is 2.23 bits per heavy atom. The van der Waals surface area contributed by atoms with E-state index in [-0.39, 0.29) is 12.2 Å². The minimum absolute atomic E-state index is 0.167. The molecule has 0 radical (unpaired) electrons. The molecule has 0 saturated heterocycles. The Morgan fingerprint density at radius 3 is 2.62 bits per heavy atom. The van der Waals surface area contributed by atoms with Crippen molar-refractivity contribution in [2.75, 3.05) is 6.61 Å². The lowest BCUT2D eigenvalue weighted by atomic mass is 10.2. The SMILES string of the molecule is C=CC(=O)C=C(C#N)C(=O)OCC. The van der Waals surface area contributed by atoms with Crippen molar-refractivity contribution in [2.24, 2.45) is 0 Å². The molecule has 4 nitrogen and oxygen atoms in total. The number of nitrogens with zero attached hydrogens (tertiary/aromatic N) is 1. The number of ether oxygens (including phenoxy) is 1. The predicted octanol–water partition coefficient (Wildman–Crippen LogP) is 0.755. The highest BCUT2D eigenvalue weighted by molar-refractivity contribution is 6.06. The van der Waals surface area contributed by atoms with Gasteiger partial charge in [0.1, 0.15) is 11.6 Å². The Labute approximate surface area is 76.1 Å². The lowest BCUT2D eigenvalue weighted by Crippen LogP contribution is -2.07. The van der Waals surface area contributed by atoms with E-state index in [2.05, 4.69) is 11.3 Å².